The number of nitrogens with zero attached hydrogens (tertiary/aromatic N) is 1. The number of hydrogen-bond donors (Lipinski definition) is 2. The molecule has 1 saturated heterocycles. The summed E-state index contributed by atoms with van der Waals surface area (Å²) in [6, 6.07) is 9.28. The average Bonchev–Trinajstić information content (AvgIpc) is 2.58. The fraction of sp³-hybridized carbons (Fsp3) is 0.529. The van der Waals surface area contributed by atoms with Gasteiger partial charge in [-0.3, -0.25) is 9.59 Å². The molecule has 1 aliphatic heterocycles. The molecular weight excluding hydrogens is 314 g/mol. The molecule has 0 unspecified atom stereocenters. The molecule has 0 saturated carbocycles. The first kappa shape index (κ1) is 19.5. The molecule has 1 aromatic carbocycles. The van der Waals surface area contributed by atoms with Crippen molar-refractivity contribution in [1.29, 1.82) is 0 Å². The van der Waals surface area contributed by atoms with Gasteiger partial charge >= 0.3 is 0 Å². The van der Waals surface area contributed by atoms with Gasteiger partial charge in [0.2, 0.25) is 5.91 Å². The predicted octanol–water partition coefficient (Wildman–Crippen LogP) is 1.83. The van der Waals surface area contributed by atoms with Gasteiger partial charge < -0.3 is 15.5 Å². The minimum absolute atomic E-state index is 0. The van der Waals surface area contributed by atoms with Crippen LogP contribution in [0.1, 0.15) is 36.5 Å². The van der Waals surface area contributed by atoms with Crippen molar-refractivity contribution < 1.29 is 9.59 Å². The van der Waals surface area contributed by atoms with E-state index in [0.717, 1.165) is 38.9 Å². The largest absolute Gasteiger partial charge is 0.343 e. The number of hydrogen-bond acceptors (Lipinski definition) is 3. The second kappa shape index (κ2) is 10.2. The van der Waals surface area contributed by atoms with Crippen LogP contribution in [0.2, 0.25) is 0 Å². The van der Waals surface area contributed by atoms with Gasteiger partial charge in [0.1, 0.15) is 0 Å². The van der Waals surface area contributed by atoms with Crippen LogP contribution >= 0.6 is 12.4 Å². The third-order valence-electron chi connectivity index (χ3n) is 3.97. The van der Waals surface area contributed by atoms with Gasteiger partial charge in [-0.25, -0.2) is 0 Å². The summed E-state index contributed by atoms with van der Waals surface area (Å²) >= 11 is 0. The van der Waals surface area contributed by atoms with Crippen LogP contribution in [0.5, 0.6) is 0 Å². The van der Waals surface area contributed by atoms with Crippen molar-refractivity contribution in [3.63, 3.8) is 0 Å². The third-order valence-corrected chi connectivity index (χ3v) is 3.97. The number of halogens is 1. The molecule has 1 aliphatic rings. The number of carbonyl (C=O) groups is 2. The van der Waals surface area contributed by atoms with E-state index >= 15 is 0 Å². The van der Waals surface area contributed by atoms with Crippen molar-refractivity contribution in [3.8, 4) is 0 Å². The summed E-state index contributed by atoms with van der Waals surface area (Å²) in [5.41, 5.74) is 0.583. The smallest absolute Gasteiger partial charge is 0.251 e. The Hall–Kier alpha value is -1.59. The van der Waals surface area contributed by atoms with Crippen molar-refractivity contribution in [2.75, 3.05) is 26.2 Å². The summed E-state index contributed by atoms with van der Waals surface area (Å²) in [5, 5.41) is 6.05. The minimum atomic E-state index is -0.198. The molecule has 1 aromatic rings. The van der Waals surface area contributed by atoms with Crippen LogP contribution in [-0.2, 0) is 4.79 Å². The van der Waals surface area contributed by atoms with E-state index in [1.807, 2.05) is 23.1 Å². The maximum absolute atomic E-state index is 12.5. The van der Waals surface area contributed by atoms with E-state index in [1.165, 1.54) is 0 Å². The van der Waals surface area contributed by atoms with Crippen LogP contribution in [0.4, 0.5) is 0 Å². The Bertz CT molecular complexity index is 490. The summed E-state index contributed by atoms with van der Waals surface area (Å²) in [7, 11) is 0. The first-order valence-electron chi connectivity index (χ1n) is 8.05. The molecule has 0 aromatic heterocycles. The summed E-state index contributed by atoms with van der Waals surface area (Å²) in [6.07, 6.45) is 2.90. The lowest BCUT2D eigenvalue weighted by molar-refractivity contribution is -0.133. The Balaban J connectivity index is 0.00000264. The number of carbonyl (C=O) groups excluding carboxylic acids is 2. The molecule has 1 heterocycles. The molecule has 2 N–H and O–H groups in total. The van der Waals surface area contributed by atoms with E-state index in [4.69, 9.17) is 0 Å². The lowest BCUT2D eigenvalue weighted by Crippen LogP contribution is -2.49. The Morgan fingerprint density at radius 1 is 1.22 bits per heavy atom. The van der Waals surface area contributed by atoms with Crippen LogP contribution in [0, 0.1) is 0 Å². The Morgan fingerprint density at radius 2 is 1.87 bits per heavy atom. The standard InChI is InChI=1S/C17H25N3O2.ClH/c1-2-12-20(15-8-10-18-11-9-15)16(21)13-19-17(22)14-6-4-3-5-7-14;/h3-7,15,18H,2,8-13H2,1H3,(H,19,22);1H. The average molecular weight is 340 g/mol. The van der Waals surface area contributed by atoms with Gasteiger partial charge in [0.25, 0.3) is 5.91 Å². The van der Waals surface area contributed by atoms with Gasteiger partial charge in [-0.1, -0.05) is 25.1 Å². The van der Waals surface area contributed by atoms with Crippen molar-refractivity contribution in [2.24, 2.45) is 0 Å². The zero-order valence-corrected chi connectivity index (χ0v) is 14.4. The molecule has 23 heavy (non-hydrogen) atoms. The maximum Gasteiger partial charge on any atom is 0.251 e. The quantitative estimate of drug-likeness (QED) is 0.831. The lowest BCUT2D eigenvalue weighted by atomic mass is 10.0. The van der Waals surface area contributed by atoms with Gasteiger partial charge in [-0.05, 0) is 44.5 Å². The Kier molecular flexibility index (Phi) is 8.66. The highest BCUT2D eigenvalue weighted by atomic mass is 35.5. The first-order chi connectivity index (χ1) is 10.7. The molecule has 1 fully saturated rings. The molecule has 2 amide bonds. The zero-order valence-electron chi connectivity index (χ0n) is 13.6. The highest BCUT2D eigenvalue weighted by Crippen LogP contribution is 2.12. The third kappa shape index (κ3) is 5.84. The number of piperidine rings is 1. The van der Waals surface area contributed by atoms with E-state index < -0.39 is 0 Å². The van der Waals surface area contributed by atoms with Gasteiger partial charge in [-0.15, -0.1) is 12.4 Å². The fourth-order valence-corrected chi connectivity index (χ4v) is 2.82. The molecule has 5 nitrogen and oxygen atoms in total. The monoisotopic (exact) mass is 339 g/mol. The summed E-state index contributed by atoms with van der Waals surface area (Å²) < 4.78 is 0. The van der Waals surface area contributed by atoms with Gasteiger partial charge in [0.05, 0.1) is 6.54 Å². The van der Waals surface area contributed by atoms with Crippen molar-refractivity contribution in [3.05, 3.63) is 35.9 Å². The highest BCUT2D eigenvalue weighted by Gasteiger charge is 2.24. The van der Waals surface area contributed by atoms with Gasteiger partial charge in [0, 0.05) is 18.2 Å². The first-order valence-corrected chi connectivity index (χ1v) is 8.05. The number of amides is 2. The predicted molar refractivity (Wildman–Crippen MR) is 93.9 cm³/mol. The minimum Gasteiger partial charge on any atom is -0.343 e. The fourth-order valence-electron chi connectivity index (χ4n) is 2.82. The molecule has 6 heteroatoms. The topological polar surface area (TPSA) is 61.4 Å². The SMILES string of the molecule is CCCN(C(=O)CNC(=O)c1ccccc1)C1CCNCC1.Cl. The Labute approximate surface area is 144 Å². The van der Waals surface area contributed by atoms with Crippen LogP contribution < -0.4 is 10.6 Å². The number of rotatable bonds is 6. The van der Waals surface area contributed by atoms with Crippen LogP contribution in [-0.4, -0.2) is 48.9 Å². The molecule has 2 rings (SSSR count). The summed E-state index contributed by atoms with van der Waals surface area (Å²) in [4.78, 5) is 26.4. The van der Waals surface area contributed by atoms with Crippen LogP contribution in [0.25, 0.3) is 0 Å². The number of nitrogens with one attached hydrogen (secondary N) is 2. The Morgan fingerprint density at radius 3 is 2.48 bits per heavy atom. The van der Waals surface area contributed by atoms with E-state index in [2.05, 4.69) is 17.6 Å². The van der Waals surface area contributed by atoms with Crippen LogP contribution in [0.15, 0.2) is 30.3 Å². The maximum atomic E-state index is 12.5. The normalized spacial score (nSPS) is 14.7. The van der Waals surface area contributed by atoms with Crippen molar-refractivity contribution in [2.45, 2.75) is 32.2 Å². The summed E-state index contributed by atoms with van der Waals surface area (Å²) in [5.74, 6) is -0.186. The zero-order chi connectivity index (χ0) is 15.8. The molecule has 0 spiro atoms. The molecule has 0 radical (unpaired) electrons. The number of benzene rings is 1. The van der Waals surface area contributed by atoms with Gasteiger partial charge in [-0.2, -0.15) is 0 Å². The molecule has 0 bridgehead atoms. The van der Waals surface area contributed by atoms with E-state index in [-0.39, 0.29) is 30.8 Å². The second-order valence-corrected chi connectivity index (χ2v) is 5.62. The molecule has 0 aliphatic carbocycles. The lowest BCUT2D eigenvalue weighted by Gasteiger charge is -2.34. The van der Waals surface area contributed by atoms with E-state index in [9.17, 15) is 9.59 Å². The molecule has 128 valence electrons. The summed E-state index contributed by atoms with van der Waals surface area (Å²) in [6.45, 7) is 4.80. The van der Waals surface area contributed by atoms with Crippen LogP contribution in [0.3, 0.4) is 0 Å². The highest BCUT2D eigenvalue weighted by molar-refractivity contribution is 5.96. The van der Waals surface area contributed by atoms with E-state index in [0.29, 0.717) is 11.6 Å². The van der Waals surface area contributed by atoms with Gasteiger partial charge in [0.15, 0.2) is 0 Å². The van der Waals surface area contributed by atoms with Crippen molar-refractivity contribution >= 4 is 24.2 Å². The van der Waals surface area contributed by atoms with E-state index in [1.54, 1.807) is 12.1 Å². The molecular formula is C17H26ClN3O2. The second-order valence-electron chi connectivity index (χ2n) is 5.62. The molecule has 0 atom stereocenters. The van der Waals surface area contributed by atoms with Crippen molar-refractivity contribution in [1.82, 2.24) is 15.5 Å².